The van der Waals surface area contributed by atoms with Crippen LogP contribution in [0.1, 0.15) is 23.2 Å². The minimum Gasteiger partial charge on any atom is -0.360 e. The number of carbonyl (C=O) groups is 1. The van der Waals surface area contributed by atoms with Crippen LogP contribution in [0.5, 0.6) is 0 Å². The van der Waals surface area contributed by atoms with Gasteiger partial charge in [0.2, 0.25) is 0 Å². The van der Waals surface area contributed by atoms with Crippen molar-refractivity contribution in [2.75, 3.05) is 32.8 Å². The predicted octanol–water partition coefficient (Wildman–Crippen LogP) is 2.44. The highest BCUT2D eigenvalue weighted by atomic mass is 16.7. The number of carbonyl (C=O) groups excluding carboxylic acids is 1. The minimum absolute atomic E-state index is 0.0264. The van der Waals surface area contributed by atoms with E-state index in [1.165, 1.54) is 0 Å². The van der Waals surface area contributed by atoms with Crippen LogP contribution in [-0.2, 0) is 9.47 Å². The van der Waals surface area contributed by atoms with E-state index in [9.17, 15) is 4.79 Å². The lowest BCUT2D eigenvalue weighted by Crippen LogP contribution is -2.40. The van der Waals surface area contributed by atoms with E-state index in [0.717, 1.165) is 42.4 Å². The molecule has 2 aliphatic heterocycles. The average molecular weight is 314 g/mol. The second-order valence-electron chi connectivity index (χ2n) is 6.39. The molecular weight excluding hydrogens is 292 g/mol. The highest BCUT2D eigenvalue weighted by molar-refractivity contribution is 6.08. The topological polar surface area (TPSA) is 54.6 Å². The molecule has 0 aliphatic carbocycles. The van der Waals surface area contributed by atoms with Gasteiger partial charge in [-0.15, -0.1) is 0 Å². The summed E-state index contributed by atoms with van der Waals surface area (Å²) in [5.74, 6) is 0.659. The molecule has 2 fully saturated rings. The van der Waals surface area contributed by atoms with E-state index in [4.69, 9.17) is 9.47 Å². The van der Waals surface area contributed by atoms with Gasteiger partial charge < -0.3 is 14.5 Å². The van der Waals surface area contributed by atoms with Gasteiger partial charge in [0, 0.05) is 28.6 Å². The lowest BCUT2D eigenvalue weighted by molar-refractivity contribution is -0.0968. The summed E-state index contributed by atoms with van der Waals surface area (Å²) in [6.45, 7) is 3.78. The van der Waals surface area contributed by atoms with Gasteiger partial charge in [-0.2, -0.15) is 0 Å². The van der Waals surface area contributed by atoms with Gasteiger partial charge in [0.15, 0.2) is 12.1 Å². The van der Waals surface area contributed by atoms with Gasteiger partial charge in [0.1, 0.15) is 0 Å². The first-order chi connectivity index (χ1) is 11.3. The Morgan fingerprint density at radius 3 is 2.70 bits per heavy atom. The smallest absolute Gasteiger partial charge is 0.178 e. The van der Waals surface area contributed by atoms with Crippen molar-refractivity contribution in [3.63, 3.8) is 0 Å². The number of para-hydroxylation sites is 1. The Bertz CT molecular complexity index is 682. The summed E-state index contributed by atoms with van der Waals surface area (Å²) in [7, 11) is 0. The summed E-state index contributed by atoms with van der Waals surface area (Å²) >= 11 is 0. The molecule has 5 nitrogen and oxygen atoms in total. The molecule has 23 heavy (non-hydrogen) atoms. The number of nitrogens with one attached hydrogen (secondary N) is 1. The van der Waals surface area contributed by atoms with Crippen molar-refractivity contribution in [2.24, 2.45) is 5.92 Å². The van der Waals surface area contributed by atoms with Crippen molar-refractivity contribution < 1.29 is 14.3 Å². The van der Waals surface area contributed by atoms with E-state index in [2.05, 4.69) is 9.88 Å². The van der Waals surface area contributed by atoms with Crippen molar-refractivity contribution >= 4 is 16.7 Å². The Morgan fingerprint density at radius 1 is 1.17 bits per heavy atom. The number of ketones is 1. The fraction of sp³-hybridized carbons (Fsp3) is 0.500. The maximum Gasteiger partial charge on any atom is 0.178 e. The molecule has 5 heteroatoms. The maximum absolute atomic E-state index is 12.6. The van der Waals surface area contributed by atoms with E-state index >= 15 is 0 Å². The van der Waals surface area contributed by atoms with Crippen LogP contribution in [-0.4, -0.2) is 54.8 Å². The second kappa shape index (κ2) is 6.43. The van der Waals surface area contributed by atoms with Crippen molar-refractivity contribution in [1.29, 1.82) is 0 Å². The van der Waals surface area contributed by atoms with E-state index in [1.807, 2.05) is 30.5 Å². The highest BCUT2D eigenvalue weighted by Gasteiger charge is 2.31. The number of fused-ring (bicyclic) bond motifs is 1. The number of hydrogen-bond acceptors (Lipinski definition) is 4. The number of aromatic amines is 1. The molecular formula is C18H22N2O3. The molecule has 3 heterocycles. The molecule has 1 N–H and O–H groups in total. The molecule has 0 radical (unpaired) electrons. The van der Waals surface area contributed by atoms with Crippen LogP contribution in [0.15, 0.2) is 30.5 Å². The highest BCUT2D eigenvalue weighted by Crippen LogP contribution is 2.26. The first-order valence-electron chi connectivity index (χ1n) is 8.36. The van der Waals surface area contributed by atoms with Gasteiger partial charge in [0.05, 0.1) is 19.8 Å². The molecule has 0 unspecified atom stereocenters. The van der Waals surface area contributed by atoms with Crippen LogP contribution in [0, 0.1) is 5.92 Å². The summed E-state index contributed by atoms with van der Waals surface area (Å²) in [6, 6.07) is 7.95. The SMILES string of the molecule is O=C(CN1CCC(C2OCCO2)CC1)c1c[nH]c2ccccc12. The number of H-pyrrole nitrogens is 1. The van der Waals surface area contributed by atoms with Crippen LogP contribution in [0.3, 0.4) is 0 Å². The van der Waals surface area contributed by atoms with Crippen LogP contribution >= 0.6 is 0 Å². The van der Waals surface area contributed by atoms with Crippen molar-refractivity contribution in [1.82, 2.24) is 9.88 Å². The summed E-state index contributed by atoms with van der Waals surface area (Å²) < 4.78 is 11.2. The Labute approximate surface area is 135 Å². The lowest BCUT2D eigenvalue weighted by Gasteiger charge is -2.33. The molecule has 0 spiro atoms. The number of benzene rings is 1. The zero-order valence-electron chi connectivity index (χ0n) is 13.2. The number of hydrogen-bond donors (Lipinski definition) is 1. The van der Waals surface area contributed by atoms with Crippen LogP contribution < -0.4 is 0 Å². The summed E-state index contributed by atoms with van der Waals surface area (Å²) in [5.41, 5.74) is 1.82. The third kappa shape index (κ3) is 3.04. The van der Waals surface area contributed by atoms with Crippen molar-refractivity contribution in [2.45, 2.75) is 19.1 Å². The van der Waals surface area contributed by atoms with Crippen molar-refractivity contribution in [3.05, 3.63) is 36.0 Å². The van der Waals surface area contributed by atoms with Gasteiger partial charge in [-0.1, -0.05) is 18.2 Å². The average Bonchev–Trinajstić information content (AvgIpc) is 3.25. The monoisotopic (exact) mass is 314 g/mol. The zero-order valence-corrected chi connectivity index (χ0v) is 13.2. The van der Waals surface area contributed by atoms with Crippen LogP contribution in [0.4, 0.5) is 0 Å². The van der Waals surface area contributed by atoms with E-state index < -0.39 is 0 Å². The Hall–Kier alpha value is -1.69. The number of rotatable bonds is 4. The summed E-state index contributed by atoms with van der Waals surface area (Å²) in [6.07, 6.45) is 3.87. The van der Waals surface area contributed by atoms with Crippen molar-refractivity contribution in [3.8, 4) is 0 Å². The van der Waals surface area contributed by atoms with Gasteiger partial charge in [-0.05, 0) is 32.0 Å². The van der Waals surface area contributed by atoms with Gasteiger partial charge >= 0.3 is 0 Å². The quantitative estimate of drug-likeness (QED) is 0.881. The third-order valence-corrected chi connectivity index (χ3v) is 4.92. The summed E-state index contributed by atoms with van der Waals surface area (Å²) in [4.78, 5) is 18.0. The Balaban J connectivity index is 1.36. The number of nitrogens with zero attached hydrogens (tertiary/aromatic N) is 1. The normalized spacial score (nSPS) is 21.2. The maximum atomic E-state index is 12.6. The molecule has 2 aliphatic rings. The molecule has 1 aromatic carbocycles. The number of likely N-dealkylation sites (tertiary alicyclic amines) is 1. The second-order valence-corrected chi connectivity index (χ2v) is 6.39. The molecule has 0 amide bonds. The zero-order chi connectivity index (χ0) is 15.6. The van der Waals surface area contributed by atoms with Crippen LogP contribution in [0.2, 0.25) is 0 Å². The van der Waals surface area contributed by atoms with Crippen LogP contribution in [0.25, 0.3) is 10.9 Å². The fourth-order valence-corrected chi connectivity index (χ4v) is 3.62. The number of aromatic nitrogens is 1. The summed E-state index contributed by atoms with van der Waals surface area (Å²) in [5, 5.41) is 1.01. The number of piperidine rings is 1. The standard InChI is InChI=1S/C18H22N2O3/c21-17(15-11-19-16-4-2-1-3-14(15)16)12-20-7-5-13(6-8-20)18-22-9-10-23-18/h1-4,11,13,18-19H,5-10,12H2. The largest absolute Gasteiger partial charge is 0.360 e. The third-order valence-electron chi connectivity index (χ3n) is 4.92. The van der Waals surface area contributed by atoms with Gasteiger partial charge in [-0.3, -0.25) is 9.69 Å². The Morgan fingerprint density at radius 2 is 1.91 bits per heavy atom. The minimum atomic E-state index is -0.0264. The molecule has 0 bridgehead atoms. The molecule has 0 saturated carbocycles. The molecule has 4 rings (SSSR count). The first kappa shape index (κ1) is 14.9. The predicted molar refractivity (Wildman–Crippen MR) is 87.5 cm³/mol. The number of ether oxygens (including phenoxy) is 2. The van der Waals surface area contributed by atoms with Gasteiger partial charge in [0.25, 0.3) is 0 Å². The lowest BCUT2D eigenvalue weighted by atomic mass is 9.95. The molecule has 122 valence electrons. The fourth-order valence-electron chi connectivity index (χ4n) is 3.62. The Kier molecular flexibility index (Phi) is 4.16. The van der Waals surface area contributed by atoms with Gasteiger partial charge in [-0.25, -0.2) is 0 Å². The van der Waals surface area contributed by atoms with E-state index in [-0.39, 0.29) is 12.1 Å². The first-order valence-corrected chi connectivity index (χ1v) is 8.36. The number of Topliss-reactive ketones (excluding diaryl/α,β-unsaturated/α-hetero) is 1. The molecule has 1 aromatic heterocycles. The van der Waals surface area contributed by atoms with E-state index in [0.29, 0.717) is 25.7 Å². The molecule has 0 atom stereocenters. The molecule has 2 saturated heterocycles. The van der Waals surface area contributed by atoms with E-state index in [1.54, 1.807) is 0 Å². The molecule has 2 aromatic rings.